The van der Waals surface area contributed by atoms with E-state index in [9.17, 15) is 10.2 Å². The maximum atomic E-state index is 9.65. The second-order valence-electron chi connectivity index (χ2n) is 4.84. The summed E-state index contributed by atoms with van der Waals surface area (Å²) in [6.45, 7) is 4.26. The van der Waals surface area contributed by atoms with E-state index in [4.69, 9.17) is 10.8 Å². The van der Waals surface area contributed by atoms with Crippen LogP contribution in [0, 0.1) is 0 Å². The number of allylic oxidation sites excluding steroid dienone is 1. The van der Waals surface area contributed by atoms with Crippen molar-refractivity contribution in [3.05, 3.63) is 36.4 Å². The standard InChI is InChI=1S/C15H23NO3/c1-2-3-7-15(11-16,8-4-9-17)12-5-6-13(18)14(19)10-12/h2,5-6,10,17-19H,1,3-4,7-9,11,16H2. The summed E-state index contributed by atoms with van der Waals surface area (Å²) < 4.78 is 0. The summed E-state index contributed by atoms with van der Waals surface area (Å²) >= 11 is 0. The molecule has 0 fully saturated rings. The summed E-state index contributed by atoms with van der Waals surface area (Å²) in [5.41, 5.74) is 6.54. The molecule has 19 heavy (non-hydrogen) atoms. The first-order chi connectivity index (χ1) is 9.09. The molecule has 0 heterocycles. The van der Waals surface area contributed by atoms with E-state index in [1.54, 1.807) is 12.1 Å². The average molecular weight is 265 g/mol. The zero-order chi connectivity index (χ0) is 14.3. The summed E-state index contributed by atoms with van der Waals surface area (Å²) in [5.74, 6) is -0.279. The van der Waals surface area contributed by atoms with Crippen molar-refractivity contribution in [1.82, 2.24) is 0 Å². The number of hydrogen-bond acceptors (Lipinski definition) is 4. The molecule has 0 aliphatic carbocycles. The molecule has 0 saturated carbocycles. The minimum Gasteiger partial charge on any atom is -0.504 e. The first-order valence-electron chi connectivity index (χ1n) is 6.54. The van der Waals surface area contributed by atoms with Crippen molar-refractivity contribution in [2.24, 2.45) is 5.73 Å². The molecule has 1 aromatic rings. The number of nitrogens with two attached hydrogens (primary N) is 1. The number of benzene rings is 1. The monoisotopic (exact) mass is 265 g/mol. The summed E-state index contributed by atoms with van der Waals surface area (Å²) in [5, 5.41) is 28.1. The zero-order valence-corrected chi connectivity index (χ0v) is 11.2. The van der Waals surface area contributed by atoms with Crippen LogP contribution in [0.4, 0.5) is 0 Å². The Morgan fingerprint density at radius 2 is 1.95 bits per heavy atom. The van der Waals surface area contributed by atoms with Gasteiger partial charge in [-0.05, 0) is 43.4 Å². The summed E-state index contributed by atoms with van der Waals surface area (Å²) in [6.07, 6.45) is 4.83. The number of phenols is 2. The van der Waals surface area contributed by atoms with Gasteiger partial charge in [-0.3, -0.25) is 0 Å². The summed E-state index contributed by atoms with van der Waals surface area (Å²) in [7, 11) is 0. The number of aliphatic hydroxyl groups excluding tert-OH is 1. The van der Waals surface area contributed by atoms with Gasteiger partial charge in [-0.2, -0.15) is 0 Å². The zero-order valence-electron chi connectivity index (χ0n) is 11.2. The molecule has 5 N–H and O–H groups in total. The lowest BCUT2D eigenvalue weighted by atomic mass is 9.73. The highest BCUT2D eigenvalue weighted by atomic mass is 16.3. The maximum absolute atomic E-state index is 9.65. The lowest BCUT2D eigenvalue weighted by Crippen LogP contribution is -2.35. The van der Waals surface area contributed by atoms with Crippen LogP contribution in [0.1, 0.15) is 31.2 Å². The molecule has 1 unspecified atom stereocenters. The smallest absolute Gasteiger partial charge is 0.157 e. The Hall–Kier alpha value is -1.52. The lowest BCUT2D eigenvalue weighted by molar-refractivity contribution is 0.255. The number of aliphatic hydroxyl groups is 1. The molecule has 0 spiro atoms. The van der Waals surface area contributed by atoms with Crippen LogP contribution < -0.4 is 5.73 Å². The molecule has 1 atom stereocenters. The van der Waals surface area contributed by atoms with Crippen molar-refractivity contribution in [2.75, 3.05) is 13.2 Å². The minimum absolute atomic E-state index is 0.111. The van der Waals surface area contributed by atoms with Crippen molar-refractivity contribution in [3.63, 3.8) is 0 Å². The predicted octanol–water partition coefficient (Wildman–Crippen LogP) is 2.03. The molecule has 0 radical (unpaired) electrons. The van der Waals surface area contributed by atoms with Gasteiger partial charge >= 0.3 is 0 Å². The number of hydrogen-bond donors (Lipinski definition) is 4. The summed E-state index contributed by atoms with van der Waals surface area (Å²) in [6, 6.07) is 4.81. The highest BCUT2D eigenvalue weighted by Crippen LogP contribution is 2.37. The van der Waals surface area contributed by atoms with Crippen molar-refractivity contribution in [2.45, 2.75) is 31.1 Å². The van der Waals surface area contributed by atoms with Gasteiger partial charge in [0.05, 0.1) is 0 Å². The van der Waals surface area contributed by atoms with Gasteiger partial charge in [0.2, 0.25) is 0 Å². The third-order valence-electron chi connectivity index (χ3n) is 3.62. The van der Waals surface area contributed by atoms with Crippen LogP contribution in [-0.2, 0) is 5.41 Å². The van der Waals surface area contributed by atoms with Crippen LogP contribution in [0.3, 0.4) is 0 Å². The third-order valence-corrected chi connectivity index (χ3v) is 3.62. The maximum Gasteiger partial charge on any atom is 0.157 e. The molecule has 106 valence electrons. The van der Waals surface area contributed by atoms with Crippen LogP contribution in [-0.4, -0.2) is 28.5 Å². The van der Waals surface area contributed by atoms with Gasteiger partial charge in [-0.1, -0.05) is 12.1 Å². The van der Waals surface area contributed by atoms with E-state index in [1.165, 1.54) is 6.07 Å². The van der Waals surface area contributed by atoms with E-state index in [-0.39, 0.29) is 23.5 Å². The second-order valence-corrected chi connectivity index (χ2v) is 4.84. The van der Waals surface area contributed by atoms with Crippen LogP contribution in [0.15, 0.2) is 30.9 Å². The fraction of sp³-hybridized carbons (Fsp3) is 0.467. The van der Waals surface area contributed by atoms with Gasteiger partial charge in [0.15, 0.2) is 11.5 Å². The Morgan fingerprint density at radius 1 is 1.21 bits per heavy atom. The van der Waals surface area contributed by atoms with Gasteiger partial charge in [0.1, 0.15) is 0 Å². The molecule has 0 aliphatic rings. The molecule has 4 heteroatoms. The van der Waals surface area contributed by atoms with E-state index in [0.717, 1.165) is 24.8 Å². The van der Waals surface area contributed by atoms with Crippen LogP contribution in [0.2, 0.25) is 0 Å². The van der Waals surface area contributed by atoms with Crippen molar-refractivity contribution in [1.29, 1.82) is 0 Å². The van der Waals surface area contributed by atoms with E-state index in [1.807, 2.05) is 6.08 Å². The van der Waals surface area contributed by atoms with E-state index in [0.29, 0.717) is 13.0 Å². The highest BCUT2D eigenvalue weighted by Gasteiger charge is 2.30. The molecule has 0 amide bonds. The van der Waals surface area contributed by atoms with Gasteiger partial charge in [0.25, 0.3) is 0 Å². The Morgan fingerprint density at radius 3 is 2.47 bits per heavy atom. The van der Waals surface area contributed by atoms with Gasteiger partial charge in [0, 0.05) is 18.6 Å². The molecule has 0 bridgehead atoms. The third kappa shape index (κ3) is 3.72. The van der Waals surface area contributed by atoms with Crippen LogP contribution in [0.25, 0.3) is 0 Å². The SMILES string of the molecule is C=CCCC(CN)(CCCO)c1ccc(O)c(O)c1. The van der Waals surface area contributed by atoms with Gasteiger partial charge in [-0.25, -0.2) is 0 Å². The number of phenolic OH excluding ortho intramolecular Hbond substituents is 2. The topological polar surface area (TPSA) is 86.7 Å². The molecular formula is C15H23NO3. The summed E-state index contributed by atoms with van der Waals surface area (Å²) in [4.78, 5) is 0. The molecule has 4 nitrogen and oxygen atoms in total. The number of rotatable bonds is 8. The molecular weight excluding hydrogens is 242 g/mol. The predicted molar refractivity (Wildman–Crippen MR) is 76.3 cm³/mol. The van der Waals surface area contributed by atoms with Crippen LogP contribution >= 0.6 is 0 Å². The molecule has 0 aliphatic heterocycles. The van der Waals surface area contributed by atoms with Crippen molar-refractivity contribution >= 4 is 0 Å². The first-order valence-corrected chi connectivity index (χ1v) is 6.54. The van der Waals surface area contributed by atoms with Crippen molar-refractivity contribution < 1.29 is 15.3 Å². The average Bonchev–Trinajstić information content (AvgIpc) is 2.43. The Labute approximate surface area is 114 Å². The van der Waals surface area contributed by atoms with Gasteiger partial charge < -0.3 is 21.1 Å². The largest absolute Gasteiger partial charge is 0.504 e. The van der Waals surface area contributed by atoms with Gasteiger partial charge in [-0.15, -0.1) is 6.58 Å². The molecule has 0 aromatic heterocycles. The highest BCUT2D eigenvalue weighted by molar-refractivity contribution is 5.43. The van der Waals surface area contributed by atoms with Crippen LogP contribution in [0.5, 0.6) is 11.5 Å². The molecule has 1 rings (SSSR count). The quantitative estimate of drug-likeness (QED) is 0.428. The Bertz CT molecular complexity index is 420. The van der Waals surface area contributed by atoms with Crippen molar-refractivity contribution in [3.8, 4) is 11.5 Å². The lowest BCUT2D eigenvalue weighted by Gasteiger charge is -2.33. The number of aromatic hydroxyl groups is 2. The minimum atomic E-state index is -0.303. The normalized spacial score (nSPS) is 14.0. The Balaban J connectivity index is 3.10. The second kappa shape index (κ2) is 7.16. The Kier molecular flexibility index (Phi) is 5.86. The van der Waals surface area contributed by atoms with E-state index in [2.05, 4.69) is 6.58 Å². The molecule has 1 aromatic carbocycles. The molecule has 0 saturated heterocycles. The first kappa shape index (κ1) is 15.5. The van der Waals surface area contributed by atoms with E-state index < -0.39 is 0 Å². The fourth-order valence-corrected chi connectivity index (χ4v) is 2.38. The van der Waals surface area contributed by atoms with E-state index >= 15 is 0 Å². The fourth-order valence-electron chi connectivity index (χ4n) is 2.38.